The third kappa shape index (κ3) is 6.12. The van der Waals surface area contributed by atoms with Crippen molar-refractivity contribution in [2.24, 2.45) is 5.92 Å². The van der Waals surface area contributed by atoms with Crippen LogP contribution in [0.3, 0.4) is 0 Å². The second-order valence-corrected chi connectivity index (χ2v) is 7.50. The lowest BCUT2D eigenvalue weighted by Gasteiger charge is -2.32. The molecule has 0 unspecified atom stereocenters. The van der Waals surface area contributed by atoms with E-state index < -0.39 is 5.82 Å². The number of para-hydroxylation sites is 1. The summed E-state index contributed by atoms with van der Waals surface area (Å²) in [4.78, 5) is 26.1. The molecule has 1 atom stereocenters. The van der Waals surface area contributed by atoms with Gasteiger partial charge in [-0.25, -0.2) is 9.18 Å². The molecule has 5 nitrogen and oxygen atoms in total. The minimum absolute atomic E-state index is 0.148. The Morgan fingerprint density at radius 1 is 1.17 bits per heavy atom. The van der Waals surface area contributed by atoms with E-state index in [0.717, 1.165) is 44.5 Å². The van der Waals surface area contributed by atoms with Gasteiger partial charge in [-0.3, -0.25) is 9.69 Å². The average Bonchev–Trinajstić information content (AvgIpc) is 2.74. The molecule has 2 aromatic carbocycles. The number of anilines is 1. The maximum absolute atomic E-state index is 13.6. The van der Waals surface area contributed by atoms with Gasteiger partial charge in [-0.2, -0.15) is 0 Å². The molecule has 0 bridgehead atoms. The van der Waals surface area contributed by atoms with Crippen LogP contribution in [0.2, 0.25) is 0 Å². The van der Waals surface area contributed by atoms with Crippen molar-refractivity contribution in [3.8, 4) is 0 Å². The van der Waals surface area contributed by atoms with Gasteiger partial charge >= 0.3 is 5.97 Å². The van der Waals surface area contributed by atoms with Crippen LogP contribution in [0.1, 0.15) is 41.6 Å². The van der Waals surface area contributed by atoms with Gasteiger partial charge < -0.3 is 10.1 Å². The number of likely N-dealkylation sites (tertiary alicyclic amines) is 1. The molecule has 2 aromatic rings. The SMILES string of the molecule is COC(=O)c1ccc(CN2CCC[C@H](CCC(=O)Nc3ccccc3F)C2)cc1. The number of rotatable bonds is 7. The Morgan fingerprint density at radius 2 is 1.93 bits per heavy atom. The molecule has 3 rings (SSSR count). The van der Waals surface area contributed by atoms with Gasteiger partial charge in [-0.15, -0.1) is 0 Å². The van der Waals surface area contributed by atoms with Crippen molar-refractivity contribution < 1.29 is 18.7 Å². The third-order valence-corrected chi connectivity index (χ3v) is 5.31. The van der Waals surface area contributed by atoms with E-state index in [1.807, 2.05) is 12.1 Å². The monoisotopic (exact) mass is 398 g/mol. The largest absolute Gasteiger partial charge is 0.465 e. The predicted molar refractivity (Wildman–Crippen MR) is 110 cm³/mol. The maximum Gasteiger partial charge on any atom is 0.337 e. The van der Waals surface area contributed by atoms with Crippen molar-refractivity contribution in [2.75, 3.05) is 25.5 Å². The Morgan fingerprint density at radius 3 is 2.66 bits per heavy atom. The number of ether oxygens (including phenoxy) is 1. The Hall–Kier alpha value is -2.73. The Kier molecular flexibility index (Phi) is 7.36. The molecule has 0 aliphatic carbocycles. The predicted octanol–water partition coefficient (Wildman–Crippen LogP) is 4.24. The number of halogens is 1. The number of piperidine rings is 1. The van der Waals surface area contributed by atoms with Crippen LogP contribution in [0.25, 0.3) is 0 Å². The van der Waals surface area contributed by atoms with E-state index in [0.29, 0.717) is 17.9 Å². The van der Waals surface area contributed by atoms with Gasteiger partial charge in [0.15, 0.2) is 0 Å². The van der Waals surface area contributed by atoms with Crippen molar-refractivity contribution in [3.05, 3.63) is 65.5 Å². The number of amides is 1. The van der Waals surface area contributed by atoms with Gasteiger partial charge in [0.1, 0.15) is 5.82 Å². The second kappa shape index (κ2) is 10.2. The zero-order valence-electron chi connectivity index (χ0n) is 16.7. The van der Waals surface area contributed by atoms with Crippen molar-refractivity contribution in [1.29, 1.82) is 0 Å². The molecular weight excluding hydrogens is 371 g/mol. The molecule has 0 aromatic heterocycles. The number of methoxy groups -OCH3 is 1. The smallest absolute Gasteiger partial charge is 0.337 e. The summed E-state index contributed by atoms with van der Waals surface area (Å²) < 4.78 is 18.4. The fourth-order valence-corrected chi connectivity index (χ4v) is 3.76. The van der Waals surface area contributed by atoms with E-state index in [4.69, 9.17) is 4.74 Å². The summed E-state index contributed by atoms with van der Waals surface area (Å²) in [6.07, 6.45) is 3.38. The molecule has 1 aliphatic rings. The molecule has 0 radical (unpaired) electrons. The summed E-state index contributed by atoms with van der Waals surface area (Å²) in [5, 5.41) is 2.65. The summed E-state index contributed by atoms with van der Waals surface area (Å²) in [6, 6.07) is 13.7. The van der Waals surface area contributed by atoms with Crippen molar-refractivity contribution in [3.63, 3.8) is 0 Å². The number of hydrogen-bond donors (Lipinski definition) is 1. The number of carbonyl (C=O) groups is 2. The van der Waals surface area contributed by atoms with Crippen LogP contribution in [-0.2, 0) is 16.1 Å². The van der Waals surface area contributed by atoms with Crippen molar-refractivity contribution in [1.82, 2.24) is 4.90 Å². The quantitative estimate of drug-likeness (QED) is 0.709. The maximum atomic E-state index is 13.6. The lowest BCUT2D eigenvalue weighted by molar-refractivity contribution is -0.116. The number of hydrogen-bond acceptors (Lipinski definition) is 4. The van der Waals surface area contributed by atoms with E-state index in [1.165, 1.54) is 13.2 Å². The van der Waals surface area contributed by atoms with Crippen LogP contribution in [-0.4, -0.2) is 37.0 Å². The number of benzene rings is 2. The minimum atomic E-state index is -0.414. The van der Waals surface area contributed by atoms with Crippen LogP contribution in [0.15, 0.2) is 48.5 Å². The molecule has 1 saturated heterocycles. The lowest BCUT2D eigenvalue weighted by atomic mass is 9.93. The van der Waals surface area contributed by atoms with E-state index in [9.17, 15) is 14.0 Å². The Labute approximate surface area is 170 Å². The normalized spacial score (nSPS) is 17.0. The van der Waals surface area contributed by atoms with E-state index in [2.05, 4.69) is 10.2 Å². The number of nitrogens with one attached hydrogen (secondary N) is 1. The summed E-state index contributed by atoms with van der Waals surface area (Å²) in [5.41, 5.74) is 1.93. The Bertz CT molecular complexity index is 838. The first-order valence-electron chi connectivity index (χ1n) is 9.99. The molecule has 1 aliphatic heterocycles. The Balaban J connectivity index is 1.46. The van der Waals surface area contributed by atoms with Crippen LogP contribution < -0.4 is 5.32 Å². The van der Waals surface area contributed by atoms with Gasteiger partial charge in [0.2, 0.25) is 5.91 Å². The zero-order chi connectivity index (χ0) is 20.6. The standard InChI is InChI=1S/C23H27FN2O3/c1-29-23(28)19-11-8-18(9-12-19)16-26-14-4-5-17(15-26)10-13-22(27)25-21-7-3-2-6-20(21)24/h2-3,6-9,11-12,17H,4-5,10,13-16H2,1H3,(H,25,27)/t17-/m1/s1. The van der Waals surface area contributed by atoms with Gasteiger partial charge in [0, 0.05) is 19.5 Å². The summed E-state index contributed by atoms with van der Waals surface area (Å²) in [7, 11) is 1.38. The molecule has 154 valence electrons. The van der Waals surface area contributed by atoms with Crippen molar-refractivity contribution in [2.45, 2.75) is 32.2 Å². The van der Waals surface area contributed by atoms with E-state index in [1.54, 1.807) is 30.3 Å². The summed E-state index contributed by atoms with van der Waals surface area (Å²) in [6.45, 7) is 2.78. The number of esters is 1. The first kappa shape index (κ1) is 21.0. The molecule has 1 heterocycles. The van der Waals surface area contributed by atoms with Crippen LogP contribution >= 0.6 is 0 Å². The van der Waals surface area contributed by atoms with E-state index >= 15 is 0 Å². The van der Waals surface area contributed by atoms with Crippen LogP contribution in [0, 0.1) is 11.7 Å². The first-order chi connectivity index (χ1) is 14.0. The van der Waals surface area contributed by atoms with Crippen molar-refractivity contribution >= 4 is 17.6 Å². The molecule has 29 heavy (non-hydrogen) atoms. The highest BCUT2D eigenvalue weighted by Crippen LogP contribution is 2.23. The molecule has 0 spiro atoms. The third-order valence-electron chi connectivity index (χ3n) is 5.31. The van der Waals surface area contributed by atoms with Crippen LogP contribution in [0.5, 0.6) is 0 Å². The lowest BCUT2D eigenvalue weighted by Crippen LogP contribution is -2.35. The fraction of sp³-hybridized carbons (Fsp3) is 0.391. The highest BCUT2D eigenvalue weighted by Gasteiger charge is 2.21. The minimum Gasteiger partial charge on any atom is -0.465 e. The molecular formula is C23H27FN2O3. The average molecular weight is 398 g/mol. The molecule has 0 saturated carbocycles. The molecule has 1 fully saturated rings. The summed E-state index contributed by atoms with van der Waals surface area (Å²) >= 11 is 0. The molecule has 6 heteroatoms. The number of nitrogens with zero attached hydrogens (tertiary/aromatic N) is 1. The van der Waals surface area contributed by atoms with Gasteiger partial charge in [-0.05, 0) is 61.6 Å². The molecule has 1 N–H and O–H groups in total. The number of carbonyl (C=O) groups excluding carboxylic acids is 2. The van der Waals surface area contributed by atoms with Crippen LogP contribution in [0.4, 0.5) is 10.1 Å². The highest BCUT2D eigenvalue weighted by atomic mass is 19.1. The van der Waals surface area contributed by atoms with E-state index in [-0.39, 0.29) is 17.6 Å². The van der Waals surface area contributed by atoms with Gasteiger partial charge in [0.05, 0.1) is 18.4 Å². The highest BCUT2D eigenvalue weighted by molar-refractivity contribution is 5.90. The van der Waals surface area contributed by atoms with Gasteiger partial charge in [-0.1, -0.05) is 24.3 Å². The fourth-order valence-electron chi connectivity index (χ4n) is 3.76. The van der Waals surface area contributed by atoms with Gasteiger partial charge in [0.25, 0.3) is 0 Å². The first-order valence-corrected chi connectivity index (χ1v) is 9.99. The topological polar surface area (TPSA) is 58.6 Å². The summed E-state index contributed by atoms with van der Waals surface area (Å²) in [5.74, 6) is -0.443. The second-order valence-electron chi connectivity index (χ2n) is 7.50. The zero-order valence-corrected chi connectivity index (χ0v) is 16.7. The molecule has 1 amide bonds.